The standard InChI is InChI=1S/C28H33N5O5S/c1-33(28(27(35)38-2)15-5-6-16-28)26(34)25(17-20-9-11-21(12-10-20)19-30-32-29)31-39(36,37)24-14-13-22-7-3-4-8-23(22)18-24/h3-4,7-14,18-19,25,31-32H,5-6,15-17,29H2,1-2H3/t25-/m0/s1. The fraction of sp³-hybridized carbons (Fsp3) is 0.321. The second-order valence-electron chi connectivity index (χ2n) is 9.64. The van der Waals surface area contributed by atoms with Gasteiger partial charge in [0, 0.05) is 7.05 Å². The third kappa shape index (κ3) is 6.11. The number of nitrogens with zero attached hydrogens (tertiary/aromatic N) is 2. The zero-order valence-corrected chi connectivity index (χ0v) is 22.8. The summed E-state index contributed by atoms with van der Waals surface area (Å²) in [5, 5.41) is 5.44. The summed E-state index contributed by atoms with van der Waals surface area (Å²) >= 11 is 0. The largest absolute Gasteiger partial charge is 0.467 e. The summed E-state index contributed by atoms with van der Waals surface area (Å²) in [7, 11) is -1.26. The normalized spacial score (nSPS) is 15.8. The van der Waals surface area contributed by atoms with Crippen molar-refractivity contribution in [1.82, 2.24) is 15.2 Å². The molecule has 3 aromatic rings. The number of fused-ring (bicyclic) bond motifs is 1. The average Bonchev–Trinajstić information content (AvgIpc) is 3.46. The van der Waals surface area contributed by atoms with Gasteiger partial charge in [-0.15, -0.1) is 0 Å². The molecule has 1 atom stereocenters. The molecule has 1 saturated carbocycles. The Morgan fingerprint density at radius 1 is 1.08 bits per heavy atom. The first-order valence-electron chi connectivity index (χ1n) is 12.6. The van der Waals surface area contributed by atoms with E-state index in [1.165, 1.54) is 24.3 Å². The molecule has 1 fully saturated rings. The van der Waals surface area contributed by atoms with Crippen molar-refractivity contribution < 1.29 is 22.7 Å². The molecular formula is C28H33N5O5S. The van der Waals surface area contributed by atoms with Gasteiger partial charge >= 0.3 is 5.97 Å². The molecule has 0 aromatic heterocycles. The molecule has 0 unspecified atom stereocenters. The molecule has 0 heterocycles. The van der Waals surface area contributed by atoms with Crippen LogP contribution in [0.25, 0.3) is 10.8 Å². The van der Waals surface area contributed by atoms with Crippen LogP contribution < -0.4 is 16.1 Å². The van der Waals surface area contributed by atoms with E-state index in [1.807, 2.05) is 24.3 Å². The zero-order chi connectivity index (χ0) is 28.0. The monoisotopic (exact) mass is 551 g/mol. The highest BCUT2D eigenvalue weighted by Gasteiger charge is 2.49. The first-order chi connectivity index (χ1) is 18.7. The van der Waals surface area contributed by atoms with E-state index in [0.717, 1.165) is 34.7 Å². The lowest BCUT2D eigenvalue weighted by atomic mass is 9.94. The summed E-state index contributed by atoms with van der Waals surface area (Å²) in [5.74, 6) is 4.17. The Morgan fingerprint density at radius 3 is 2.38 bits per heavy atom. The Hall–Kier alpha value is -3.80. The van der Waals surface area contributed by atoms with Crippen molar-refractivity contribution in [2.75, 3.05) is 14.2 Å². The highest BCUT2D eigenvalue weighted by atomic mass is 32.2. The van der Waals surface area contributed by atoms with Gasteiger partial charge in [0.15, 0.2) is 0 Å². The van der Waals surface area contributed by atoms with Crippen molar-refractivity contribution in [3.8, 4) is 0 Å². The number of carbonyl (C=O) groups excluding carboxylic acids is 2. The number of hydrazine groups is 1. The van der Waals surface area contributed by atoms with Gasteiger partial charge in [-0.1, -0.05) is 67.4 Å². The van der Waals surface area contributed by atoms with Crippen LogP contribution in [0.4, 0.5) is 0 Å². The van der Waals surface area contributed by atoms with Crippen LogP contribution in [-0.4, -0.2) is 57.1 Å². The van der Waals surface area contributed by atoms with E-state index in [2.05, 4.69) is 15.4 Å². The van der Waals surface area contributed by atoms with Gasteiger partial charge in [0.05, 0.1) is 18.2 Å². The van der Waals surface area contributed by atoms with Gasteiger partial charge < -0.3 is 9.64 Å². The third-order valence-electron chi connectivity index (χ3n) is 7.30. The Kier molecular flexibility index (Phi) is 8.63. The number of nitrogens with one attached hydrogen (secondary N) is 2. The van der Waals surface area contributed by atoms with Crippen LogP contribution in [0.15, 0.2) is 76.7 Å². The van der Waals surface area contributed by atoms with Crippen LogP contribution in [0.5, 0.6) is 0 Å². The number of amides is 1. The Balaban J connectivity index is 1.67. The van der Waals surface area contributed by atoms with Crippen molar-refractivity contribution >= 4 is 38.9 Å². The number of sulfonamides is 1. The van der Waals surface area contributed by atoms with Crippen LogP contribution in [0.3, 0.4) is 0 Å². The summed E-state index contributed by atoms with van der Waals surface area (Å²) in [6, 6.07) is 18.2. The fourth-order valence-corrected chi connectivity index (χ4v) is 6.35. The SMILES string of the molecule is COC(=O)C1(N(C)C(=O)[C@H](Cc2ccc(C=NNN)cc2)NS(=O)(=O)c2ccc3ccccc3c2)CCCC1. The van der Waals surface area contributed by atoms with Gasteiger partial charge in [-0.05, 0) is 53.3 Å². The molecule has 11 heteroatoms. The molecule has 0 spiro atoms. The molecule has 3 aromatic carbocycles. The van der Waals surface area contributed by atoms with Crippen molar-refractivity contribution in [1.29, 1.82) is 0 Å². The second-order valence-corrected chi connectivity index (χ2v) is 11.4. The second kappa shape index (κ2) is 11.9. The number of hydrazone groups is 1. The molecule has 4 N–H and O–H groups in total. The Morgan fingerprint density at radius 2 is 1.74 bits per heavy atom. The summed E-state index contributed by atoms with van der Waals surface area (Å²) in [4.78, 5) is 28.2. The van der Waals surface area contributed by atoms with Crippen molar-refractivity contribution in [2.24, 2.45) is 10.9 Å². The maximum absolute atomic E-state index is 13.9. The van der Waals surface area contributed by atoms with Gasteiger partial charge in [0.2, 0.25) is 15.9 Å². The van der Waals surface area contributed by atoms with Crippen LogP contribution in [0, 0.1) is 0 Å². The molecule has 1 amide bonds. The summed E-state index contributed by atoms with van der Waals surface area (Å²) < 4.78 is 34.8. The number of esters is 1. The number of likely N-dealkylation sites (N-methyl/N-ethyl adjacent to an activating group) is 1. The predicted molar refractivity (Wildman–Crippen MR) is 149 cm³/mol. The van der Waals surface area contributed by atoms with E-state index in [1.54, 1.807) is 43.4 Å². The summed E-state index contributed by atoms with van der Waals surface area (Å²) in [6.07, 6.45) is 4.04. The van der Waals surface area contributed by atoms with Gasteiger partial charge in [0.25, 0.3) is 0 Å². The highest BCUT2D eigenvalue weighted by molar-refractivity contribution is 7.89. The number of ether oxygens (including phenoxy) is 1. The Bertz CT molecular complexity index is 1470. The minimum atomic E-state index is -4.10. The summed E-state index contributed by atoms with van der Waals surface area (Å²) in [6.45, 7) is 0. The molecule has 0 radical (unpaired) electrons. The number of benzene rings is 3. The van der Waals surface area contributed by atoms with Crippen LogP contribution in [0.2, 0.25) is 0 Å². The van der Waals surface area contributed by atoms with E-state index < -0.39 is 33.5 Å². The minimum absolute atomic E-state index is 0.0473. The topological polar surface area (TPSA) is 143 Å². The van der Waals surface area contributed by atoms with Crippen molar-refractivity contribution in [3.63, 3.8) is 0 Å². The van der Waals surface area contributed by atoms with E-state index in [4.69, 9.17) is 10.6 Å². The number of hydrogen-bond acceptors (Lipinski definition) is 8. The number of rotatable bonds is 10. The first-order valence-corrected chi connectivity index (χ1v) is 14.1. The molecule has 10 nitrogen and oxygen atoms in total. The minimum Gasteiger partial charge on any atom is -0.467 e. The maximum Gasteiger partial charge on any atom is 0.331 e. The molecule has 0 saturated heterocycles. The Labute approximate surface area is 228 Å². The lowest BCUT2D eigenvalue weighted by Crippen LogP contribution is -2.59. The van der Waals surface area contributed by atoms with Gasteiger partial charge in [-0.2, -0.15) is 9.82 Å². The number of methoxy groups -OCH3 is 1. The zero-order valence-electron chi connectivity index (χ0n) is 22.0. The number of carbonyl (C=O) groups is 2. The average molecular weight is 552 g/mol. The number of hydrogen-bond donors (Lipinski definition) is 3. The summed E-state index contributed by atoms with van der Waals surface area (Å²) in [5.41, 5.74) is 2.55. The third-order valence-corrected chi connectivity index (χ3v) is 8.77. The fourth-order valence-electron chi connectivity index (χ4n) is 5.13. The van der Waals surface area contributed by atoms with E-state index in [-0.39, 0.29) is 11.3 Å². The maximum atomic E-state index is 13.9. The lowest BCUT2D eigenvalue weighted by molar-refractivity contribution is -0.160. The molecule has 4 rings (SSSR count). The van der Waals surface area contributed by atoms with Crippen molar-refractivity contribution in [2.45, 2.75) is 48.6 Å². The molecule has 39 heavy (non-hydrogen) atoms. The molecule has 1 aliphatic carbocycles. The number of nitrogens with two attached hydrogens (primary N) is 1. The first kappa shape index (κ1) is 28.2. The van der Waals surface area contributed by atoms with Gasteiger partial charge in [-0.25, -0.2) is 24.6 Å². The highest BCUT2D eigenvalue weighted by Crippen LogP contribution is 2.36. The lowest BCUT2D eigenvalue weighted by Gasteiger charge is -2.38. The van der Waals surface area contributed by atoms with E-state index in [9.17, 15) is 18.0 Å². The molecule has 0 aliphatic heterocycles. The van der Waals surface area contributed by atoms with Crippen LogP contribution in [0.1, 0.15) is 36.8 Å². The van der Waals surface area contributed by atoms with Gasteiger partial charge in [-0.3, -0.25) is 4.79 Å². The van der Waals surface area contributed by atoms with Crippen molar-refractivity contribution in [3.05, 3.63) is 77.9 Å². The molecule has 1 aliphatic rings. The van der Waals surface area contributed by atoms with Gasteiger partial charge in [0.1, 0.15) is 11.6 Å². The predicted octanol–water partition coefficient (Wildman–Crippen LogP) is 2.47. The molecule has 206 valence electrons. The van der Waals surface area contributed by atoms with E-state index >= 15 is 0 Å². The molecular weight excluding hydrogens is 518 g/mol. The van der Waals surface area contributed by atoms with E-state index in [0.29, 0.717) is 12.8 Å². The quantitative estimate of drug-likeness (QED) is 0.152. The smallest absolute Gasteiger partial charge is 0.331 e. The molecule has 0 bridgehead atoms. The van der Waals surface area contributed by atoms with Crippen LogP contribution in [-0.2, 0) is 30.8 Å². The van der Waals surface area contributed by atoms with Crippen LogP contribution >= 0.6 is 0 Å².